The molecule has 0 fully saturated rings. The topological polar surface area (TPSA) is 116 Å². The van der Waals surface area contributed by atoms with Crippen molar-refractivity contribution in [3.05, 3.63) is 35.4 Å². The zero-order valence-corrected chi connectivity index (χ0v) is 11.2. The highest BCUT2D eigenvalue weighted by Crippen LogP contribution is 2.33. The Balaban J connectivity index is 1.80. The van der Waals surface area contributed by atoms with Gasteiger partial charge in [0.2, 0.25) is 0 Å². The van der Waals surface area contributed by atoms with E-state index in [9.17, 15) is 14.4 Å². The van der Waals surface area contributed by atoms with Crippen molar-refractivity contribution in [1.29, 1.82) is 0 Å². The highest BCUT2D eigenvalue weighted by atomic mass is 16.4. The highest BCUT2D eigenvalue weighted by Gasteiger charge is 2.27. The monoisotopic (exact) mass is 292 g/mol. The molecule has 4 N–H and O–H groups in total. The predicted octanol–water partition coefficient (Wildman–Crippen LogP) is 0.553. The molecule has 2 atom stereocenters. The minimum atomic E-state index is -1.43. The Bertz CT molecular complexity index is 572. The van der Waals surface area contributed by atoms with Gasteiger partial charge in [0.1, 0.15) is 6.04 Å². The molecule has 2 unspecified atom stereocenters. The van der Waals surface area contributed by atoms with Crippen LogP contribution in [-0.4, -0.2) is 40.8 Å². The predicted molar refractivity (Wildman–Crippen MR) is 73.1 cm³/mol. The van der Waals surface area contributed by atoms with Crippen LogP contribution in [0.15, 0.2) is 24.3 Å². The van der Waals surface area contributed by atoms with Crippen LogP contribution in [0.4, 0.5) is 4.79 Å². The van der Waals surface area contributed by atoms with Gasteiger partial charge in [0.15, 0.2) is 0 Å². The number of fused-ring (bicyclic) bond motifs is 1. The third-order valence-corrected chi connectivity index (χ3v) is 3.45. The van der Waals surface area contributed by atoms with Gasteiger partial charge < -0.3 is 20.8 Å². The van der Waals surface area contributed by atoms with Crippen molar-refractivity contribution in [2.24, 2.45) is 0 Å². The molecule has 0 radical (unpaired) electrons. The molecule has 0 aliphatic heterocycles. The lowest BCUT2D eigenvalue weighted by Crippen LogP contribution is -2.48. The number of hydrogen-bond acceptors (Lipinski definition) is 3. The normalized spacial score (nSPS) is 17.0. The van der Waals surface area contributed by atoms with Crippen LogP contribution in [-0.2, 0) is 16.0 Å². The molecule has 1 aliphatic carbocycles. The van der Waals surface area contributed by atoms with Crippen molar-refractivity contribution in [1.82, 2.24) is 10.6 Å². The molecule has 7 heteroatoms. The van der Waals surface area contributed by atoms with Gasteiger partial charge in [0.05, 0.1) is 6.42 Å². The smallest absolute Gasteiger partial charge is 0.326 e. The number of hydrogen-bond donors (Lipinski definition) is 4. The minimum absolute atomic E-state index is 0.217. The maximum Gasteiger partial charge on any atom is 0.326 e. The summed E-state index contributed by atoms with van der Waals surface area (Å²) in [5, 5.41) is 22.1. The molecule has 1 aromatic rings. The fraction of sp³-hybridized carbons (Fsp3) is 0.357. The van der Waals surface area contributed by atoms with Crippen molar-refractivity contribution >= 4 is 18.0 Å². The van der Waals surface area contributed by atoms with E-state index in [2.05, 4.69) is 10.6 Å². The molecular weight excluding hydrogens is 276 g/mol. The van der Waals surface area contributed by atoms with Crippen molar-refractivity contribution in [2.45, 2.75) is 24.8 Å². The number of carboxylic acid groups (broad SMARTS) is 2. The number of benzene rings is 1. The molecule has 1 aromatic carbocycles. The van der Waals surface area contributed by atoms with Gasteiger partial charge in [-0.25, -0.2) is 9.59 Å². The molecule has 0 bridgehead atoms. The zero-order valence-electron chi connectivity index (χ0n) is 11.2. The minimum Gasteiger partial charge on any atom is -0.481 e. The molecular formula is C14H16N2O5. The Hall–Kier alpha value is -2.57. The highest BCUT2D eigenvalue weighted by molar-refractivity contribution is 5.86. The molecule has 2 amide bonds. The first kappa shape index (κ1) is 14.8. The fourth-order valence-electron chi connectivity index (χ4n) is 2.34. The second-order valence-corrected chi connectivity index (χ2v) is 4.94. The SMILES string of the molecule is O=C(O)CC(NC(=O)NCC1Cc2ccccc21)C(=O)O. The summed E-state index contributed by atoms with van der Waals surface area (Å²) >= 11 is 0. The van der Waals surface area contributed by atoms with Gasteiger partial charge in [0, 0.05) is 12.5 Å². The molecule has 2 rings (SSSR count). The number of rotatable bonds is 6. The number of carbonyl (C=O) groups is 3. The van der Waals surface area contributed by atoms with Gasteiger partial charge in [-0.3, -0.25) is 4.79 Å². The fourth-order valence-corrected chi connectivity index (χ4v) is 2.34. The molecule has 0 aromatic heterocycles. The van der Waals surface area contributed by atoms with Crippen LogP contribution in [0.3, 0.4) is 0 Å². The van der Waals surface area contributed by atoms with E-state index < -0.39 is 30.4 Å². The first-order valence-electron chi connectivity index (χ1n) is 6.54. The molecule has 7 nitrogen and oxygen atoms in total. The number of urea groups is 1. The van der Waals surface area contributed by atoms with Crippen LogP contribution < -0.4 is 10.6 Å². The van der Waals surface area contributed by atoms with E-state index in [0.29, 0.717) is 6.54 Å². The first-order chi connectivity index (χ1) is 9.97. The summed E-state index contributed by atoms with van der Waals surface area (Å²) in [5.74, 6) is -2.44. The van der Waals surface area contributed by atoms with Crippen molar-refractivity contribution < 1.29 is 24.6 Å². The molecule has 21 heavy (non-hydrogen) atoms. The standard InChI is InChI=1S/C14H16N2O5/c17-12(18)6-11(13(19)20)16-14(21)15-7-9-5-8-3-1-2-4-10(8)9/h1-4,9,11H,5-7H2,(H,17,18)(H,19,20)(H2,15,16,21). The summed E-state index contributed by atoms with van der Waals surface area (Å²) in [4.78, 5) is 33.0. The Morgan fingerprint density at radius 3 is 2.57 bits per heavy atom. The van der Waals surface area contributed by atoms with E-state index in [1.54, 1.807) is 0 Å². The summed E-state index contributed by atoms with van der Waals surface area (Å²) in [6.45, 7) is 0.391. The van der Waals surface area contributed by atoms with Gasteiger partial charge in [-0.15, -0.1) is 0 Å². The molecule has 0 saturated carbocycles. The van der Waals surface area contributed by atoms with Crippen molar-refractivity contribution in [3.8, 4) is 0 Å². The zero-order chi connectivity index (χ0) is 15.4. The third kappa shape index (κ3) is 3.71. The van der Waals surface area contributed by atoms with Crippen LogP contribution in [0.2, 0.25) is 0 Å². The van der Waals surface area contributed by atoms with Crippen molar-refractivity contribution in [3.63, 3.8) is 0 Å². The van der Waals surface area contributed by atoms with Crippen LogP contribution in [0, 0.1) is 0 Å². The Kier molecular flexibility index (Phi) is 4.42. The Morgan fingerprint density at radius 1 is 1.24 bits per heavy atom. The van der Waals surface area contributed by atoms with Crippen LogP contribution in [0.5, 0.6) is 0 Å². The lowest BCUT2D eigenvalue weighted by atomic mass is 9.78. The number of carboxylic acids is 2. The van der Waals surface area contributed by atoms with Crippen LogP contribution >= 0.6 is 0 Å². The van der Waals surface area contributed by atoms with E-state index in [4.69, 9.17) is 10.2 Å². The van der Waals surface area contributed by atoms with E-state index in [0.717, 1.165) is 6.42 Å². The van der Waals surface area contributed by atoms with Crippen LogP contribution in [0.1, 0.15) is 23.5 Å². The second-order valence-electron chi connectivity index (χ2n) is 4.94. The molecule has 1 aliphatic rings. The average molecular weight is 292 g/mol. The largest absolute Gasteiger partial charge is 0.481 e. The van der Waals surface area contributed by atoms with Gasteiger partial charge in [-0.1, -0.05) is 24.3 Å². The quantitative estimate of drug-likeness (QED) is 0.611. The second kappa shape index (κ2) is 6.25. The van der Waals surface area contributed by atoms with Gasteiger partial charge in [-0.2, -0.15) is 0 Å². The summed E-state index contributed by atoms with van der Waals surface area (Å²) < 4.78 is 0. The van der Waals surface area contributed by atoms with Gasteiger partial charge in [-0.05, 0) is 17.5 Å². The Labute approximate surface area is 121 Å². The van der Waals surface area contributed by atoms with Crippen LogP contribution in [0.25, 0.3) is 0 Å². The van der Waals surface area contributed by atoms with Gasteiger partial charge >= 0.3 is 18.0 Å². The summed E-state index contributed by atoms with van der Waals surface area (Å²) in [5.41, 5.74) is 2.43. The first-order valence-corrected chi connectivity index (χ1v) is 6.54. The molecule has 112 valence electrons. The number of aliphatic carboxylic acids is 2. The third-order valence-electron chi connectivity index (χ3n) is 3.45. The van der Waals surface area contributed by atoms with E-state index in [-0.39, 0.29) is 5.92 Å². The lowest BCUT2D eigenvalue weighted by molar-refractivity contribution is -0.145. The number of carbonyl (C=O) groups excluding carboxylic acids is 1. The average Bonchev–Trinajstić information content (AvgIpc) is 2.38. The molecule has 0 heterocycles. The summed E-state index contributed by atoms with van der Waals surface area (Å²) in [6.07, 6.45) is 0.211. The number of nitrogens with one attached hydrogen (secondary N) is 2. The lowest BCUT2D eigenvalue weighted by Gasteiger charge is -2.30. The number of amides is 2. The maximum absolute atomic E-state index is 11.6. The Morgan fingerprint density at radius 2 is 1.95 bits per heavy atom. The van der Waals surface area contributed by atoms with Crippen molar-refractivity contribution in [2.75, 3.05) is 6.54 Å². The maximum atomic E-state index is 11.6. The molecule has 0 spiro atoms. The summed E-state index contributed by atoms with van der Waals surface area (Å²) in [7, 11) is 0. The van der Waals surface area contributed by atoms with E-state index in [1.807, 2.05) is 24.3 Å². The van der Waals surface area contributed by atoms with Gasteiger partial charge in [0.25, 0.3) is 0 Å². The molecule has 0 saturated heterocycles. The van der Waals surface area contributed by atoms with E-state index in [1.165, 1.54) is 11.1 Å². The van der Waals surface area contributed by atoms with E-state index >= 15 is 0 Å². The summed E-state index contributed by atoms with van der Waals surface area (Å²) in [6, 6.07) is 5.80.